The van der Waals surface area contributed by atoms with Crippen LogP contribution < -0.4 is 0 Å². The molecular formula is C116H74N16S3. The zero-order chi connectivity index (χ0) is 90.0. The van der Waals surface area contributed by atoms with Gasteiger partial charge in [0.15, 0.2) is 0 Å². The summed E-state index contributed by atoms with van der Waals surface area (Å²) in [5, 5.41) is 2.81. The van der Waals surface area contributed by atoms with E-state index in [1.807, 2.05) is 196 Å². The summed E-state index contributed by atoms with van der Waals surface area (Å²) in [6, 6.07) is 109. The molecule has 0 N–H and O–H groups in total. The van der Waals surface area contributed by atoms with Gasteiger partial charge in [-0.05, 0) is 297 Å². The van der Waals surface area contributed by atoms with Gasteiger partial charge in [-0.2, -0.15) is 0 Å². The molecule has 0 bridgehead atoms. The lowest BCUT2D eigenvalue weighted by atomic mass is 9.90. The maximum absolute atomic E-state index is 5.39. The number of hydrogen-bond acceptors (Lipinski definition) is 19. The maximum atomic E-state index is 5.39. The van der Waals surface area contributed by atoms with Gasteiger partial charge in [0, 0.05) is 225 Å². The molecule has 24 aromatic rings. The number of thiazole rings is 3. The Balaban J connectivity index is 0.000000119. The van der Waals surface area contributed by atoms with Gasteiger partial charge in [0.25, 0.3) is 0 Å². The van der Waals surface area contributed by atoms with Crippen molar-refractivity contribution in [2.45, 2.75) is 0 Å². The zero-order valence-electron chi connectivity index (χ0n) is 72.1. The van der Waals surface area contributed by atoms with Crippen LogP contribution in [-0.2, 0) is 0 Å². The van der Waals surface area contributed by atoms with Gasteiger partial charge in [0.1, 0.15) is 15.0 Å². The third-order valence-corrected chi connectivity index (χ3v) is 26.4. The van der Waals surface area contributed by atoms with Crippen LogP contribution in [0.3, 0.4) is 0 Å². The monoisotopic (exact) mass is 1790 g/mol. The van der Waals surface area contributed by atoms with Gasteiger partial charge in [-0.25, -0.2) is 24.9 Å². The first kappa shape index (κ1) is 83.0. The van der Waals surface area contributed by atoms with Gasteiger partial charge >= 0.3 is 0 Å². The van der Waals surface area contributed by atoms with E-state index in [-0.39, 0.29) is 0 Å². The van der Waals surface area contributed by atoms with Gasteiger partial charge < -0.3 is 0 Å². The van der Waals surface area contributed by atoms with E-state index >= 15 is 0 Å². The van der Waals surface area contributed by atoms with Gasteiger partial charge in [-0.3, -0.25) is 54.8 Å². The highest BCUT2D eigenvalue weighted by Gasteiger charge is 2.26. The summed E-state index contributed by atoms with van der Waals surface area (Å²) in [4.78, 5) is 74.3. The SMILES string of the molecule is c1cncc(-c2cc(-c3cccnc3)cc(-c3cc(-c4cc(-c5cccnc5)cc(-c5cccnc5)c4)cc(-c4nc5ccccc5s4)c3)c2)c1.c1cncc(-c2cc(-c3cccnc3)cc(-c3nc(-c4cccnc4)cc(-c4cccnc4)c3-c3nc4ccccc4s3)c2)c1.c1cncc(-c2cc(-c3cccnc3)cc(-c3nc(-c4cccnc4)ccc3-c3nc4ccccc4s3)c2)c1. The Morgan fingerprint density at radius 1 is 0.148 bits per heavy atom. The first-order valence-corrected chi connectivity index (χ1v) is 46.2. The molecule has 636 valence electrons. The van der Waals surface area contributed by atoms with Crippen LogP contribution in [-0.4, -0.2) is 79.7 Å². The van der Waals surface area contributed by atoms with Crippen LogP contribution in [0.15, 0.2) is 452 Å². The number of benzene rings is 8. The van der Waals surface area contributed by atoms with Crippen molar-refractivity contribution in [3.63, 3.8) is 0 Å². The molecule has 19 heteroatoms. The number of fused-ring (bicyclic) bond motifs is 3. The normalized spacial score (nSPS) is 11.1. The Bertz CT molecular complexity index is 7850. The van der Waals surface area contributed by atoms with Crippen molar-refractivity contribution >= 4 is 64.7 Å². The summed E-state index contributed by atoms with van der Waals surface area (Å²) in [7, 11) is 0. The second kappa shape index (κ2) is 38.2. The Morgan fingerprint density at radius 2 is 0.393 bits per heavy atom. The van der Waals surface area contributed by atoms with E-state index in [9.17, 15) is 0 Å². The highest BCUT2D eigenvalue weighted by atomic mass is 32.1. The quantitative estimate of drug-likeness (QED) is 0.0783. The summed E-state index contributed by atoms with van der Waals surface area (Å²) < 4.78 is 3.43. The minimum absolute atomic E-state index is 0.816. The Hall–Kier alpha value is -17.6. The molecule has 16 nitrogen and oxygen atoms in total. The molecule has 0 aliphatic rings. The highest BCUT2D eigenvalue weighted by molar-refractivity contribution is 7.22. The summed E-state index contributed by atoms with van der Waals surface area (Å²) in [6.45, 7) is 0. The van der Waals surface area contributed by atoms with Gasteiger partial charge in [-0.1, -0.05) is 91.0 Å². The molecule has 0 saturated carbocycles. The van der Waals surface area contributed by atoms with Gasteiger partial charge in [0.2, 0.25) is 0 Å². The summed E-state index contributed by atoms with van der Waals surface area (Å²) in [6.07, 6.45) is 40.6. The molecule has 24 rings (SSSR count). The minimum atomic E-state index is 0.816. The average Bonchev–Trinajstić information content (AvgIpc) is 1.76. The lowest BCUT2D eigenvalue weighted by Crippen LogP contribution is -1.98. The maximum Gasteiger partial charge on any atom is 0.127 e. The highest BCUT2D eigenvalue weighted by Crippen LogP contribution is 2.48. The minimum Gasteiger partial charge on any atom is -0.264 e. The molecule has 0 atom stereocenters. The van der Waals surface area contributed by atoms with Crippen molar-refractivity contribution in [1.29, 1.82) is 0 Å². The van der Waals surface area contributed by atoms with Gasteiger partial charge in [0.05, 0.1) is 53.4 Å². The number of aromatic nitrogens is 16. The lowest BCUT2D eigenvalue weighted by Gasteiger charge is -2.17. The van der Waals surface area contributed by atoms with Crippen molar-refractivity contribution < 1.29 is 0 Å². The van der Waals surface area contributed by atoms with Crippen molar-refractivity contribution in [1.82, 2.24) is 79.7 Å². The van der Waals surface area contributed by atoms with Crippen molar-refractivity contribution in [2.75, 3.05) is 0 Å². The molecule has 0 unspecified atom stereocenters. The van der Waals surface area contributed by atoms with Crippen LogP contribution in [0.4, 0.5) is 0 Å². The summed E-state index contributed by atoms with van der Waals surface area (Å²) >= 11 is 5.06. The van der Waals surface area contributed by atoms with Crippen LogP contribution in [0.2, 0.25) is 0 Å². The fraction of sp³-hybridized carbons (Fsp3) is 0. The molecule has 0 fully saturated rings. The van der Waals surface area contributed by atoms with Crippen LogP contribution in [0.5, 0.6) is 0 Å². The van der Waals surface area contributed by atoms with Crippen LogP contribution >= 0.6 is 34.0 Å². The van der Waals surface area contributed by atoms with Crippen molar-refractivity contribution in [3.8, 4) is 199 Å². The standard InChI is InChI=1S/C45H29N5S.C38H24N6S.C33H21N5S/c1-2-12-44-43(11-1)50-45(51-44)42-24-40(38-19-34(30-7-3-13-46-26-30)17-35(20-38)31-8-4-14-47-27-31)23-41(25-42)39-21-36(32-9-5-15-48-28-32)18-37(22-39)33-10-6-16-49-29-33;1-2-12-35-33(11-1)44-38(45-35)36-32(27-9-5-15-41-23-27)20-34(28-10-6-16-42-24-28)43-37(36)31-18-29(25-7-3-13-39-21-25)17-30(19-31)26-8-4-14-40-22-26;1-2-10-31-30(9-1)38-33(39-31)28-11-12-29(24-8-5-15-36-21-24)37-32(28)27-17-25(22-6-3-13-34-19-22)16-26(18-27)23-7-4-14-35-20-23/h1-29H;1-24H;1-21H. The van der Waals surface area contributed by atoms with E-state index < -0.39 is 0 Å². The summed E-state index contributed by atoms with van der Waals surface area (Å²) in [5.41, 5.74) is 36.4. The predicted molar refractivity (Wildman–Crippen MR) is 548 cm³/mol. The van der Waals surface area contributed by atoms with Crippen LogP contribution in [0.25, 0.3) is 230 Å². The van der Waals surface area contributed by atoms with E-state index in [1.165, 1.54) is 0 Å². The zero-order valence-corrected chi connectivity index (χ0v) is 74.6. The number of pyridine rings is 13. The third-order valence-electron chi connectivity index (χ3n) is 23.2. The molecule has 8 aromatic carbocycles. The lowest BCUT2D eigenvalue weighted by molar-refractivity contribution is 1.27. The molecule has 0 saturated heterocycles. The Kier molecular flexibility index (Phi) is 23.5. The topological polar surface area (TPSA) is 206 Å². The largest absolute Gasteiger partial charge is 0.264 e. The number of rotatable bonds is 18. The molecule has 0 amide bonds. The fourth-order valence-corrected chi connectivity index (χ4v) is 19.6. The molecule has 16 aromatic heterocycles. The molecular weight excluding hydrogens is 1710 g/mol. The number of para-hydroxylation sites is 3. The Labute approximate surface area is 789 Å². The molecule has 0 aliphatic heterocycles. The average molecular weight is 1790 g/mol. The van der Waals surface area contributed by atoms with Crippen LogP contribution in [0.1, 0.15) is 0 Å². The predicted octanol–water partition coefficient (Wildman–Crippen LogP) is 29.0. The smallest absolute Gasteiger partial charge is 0.127 e. The van der Waals surface area contributed by atoms with Crippen molar-refractivity contribution in [2.24, 2.45) is 0 Å². The van der Waals surface area contributed by atoms with E-state index in [0.29, 0.717) is 0 Å². The van der Waals surface area contributed by atoms with Gasteiger partial charge in [-0.15, -0.1) is 34.0 Å². The molecule has 0 aliphatic carbocycles. The van der Waals surface area contributed by atoms with Crippen molar-refractivity contribution in [3.05, 3.63) is 452 Å². The molecule has 135 heavy (non-hydrogen) atoms. The molecule has 0 radical (unpaired) electrons. The number of hydrogen-bond donors (Lipinski definition) is 0. The molecule has 16 heterocycles. The first-order valence-electron chi connectivity index (χ1n) is 43.7. The van der Waals surface area contributed by atoms with Crippen LogP contribution in [0, 0.1) is 0 Å². The fourth-order valence-electron chi connectivity index (χ4n) is 16.7. The second-order valence-corrected chi connectivity index (χ2v) is 35.1. The second-order valence-electron chi connectivity index (χ2n) is 32.0. The molecule has 0 spiro atoms. The first-order chi connectivity index (χ1) is 66.8. The van der Waals surface area contributed by atoms with E-state index in [0.717, 1.165) is 230 Å². The third kappa shape index (κ3) is 18.3. The summed E-state index contributed by atoms with van der Waals surface area (Å²) in [5.74, 6) is 0. The van der Waals surface area contributed by atoms with E-state index in [4.69, 9.17) is 24.9 Å². The van der Waals surface area contributed by atoms with E-state index in [1.54, 1.807) is 77.4 Å². The Morgan fingerprint density at radius 3 is 0.711 bits per heavy atom. The van der Waals surface area contributed by atoms with E-state index in [2.05, 4.69) is 267 Å². The number of nitrogens with zero attached hydrogens (tertiary/aromatic N) is 16.